The predicted octanol–water partition coefficient (Wildman–Crippen LogP) is 3.22. The lowest BCUT2D eigenvalue weighted by atomic mass is 10.2. The fraction of sp³-hybridized carbons (Fsp3) is 0.263. The van der Waals surface area contributed by atoms with Crippen molar-refractivity contribution in [2.45, 2.75) is 12.6 Å². The second-order valence-electron chi connectivity index (χ2n) is 5.84. The van der Waals surface area contributed by atoms with Gasteiger partial charge in [-0.2, -0.15) is 13.2 Å². The van der Waals surface area contributed by atoms with Crippen molar-refractivity contribution in [3.05, 3.63) is 59.7 Å². The van der Waals surface area contributed by atoms with E-state index in [1.165, 1.54) is 36.4 Å². The van der Waals surface area contributed by atoms with Gasteiger partial charge in [0, 0.05) is 17.8 Å². The van der Waals surface area contributed by atoms with E-state index in [1.807, 2.05) is 0 Å². The molecule has 0 unspecified atom stereocenters. The van der Waals surface area contributed by atoms with Crippen LogP contribution in [0.15, 0.2) is 48.5 Å². The minimum absolute atomic E-state index is 0. The van der Waals surface area contributed by atoms with E-state index in [2.05, 4.69) is 10.6 Å². The average Bonchev–Trinajstić information content (AvgIpc) is 2.66. The van der Waals surface area contributed by atoms with Crippen LogP contribution < -0.4 is 21.1 Å². The number of carbonyl (C=O) groups excluding carboxylic acids is 2. The Kier molecular flexibility index (Phi) is 9.43. The largest absolute Gasteiger partial charge is 0.484 e. The van der Waals surface area contributed by atoms with Crippen LogP contribution in [0.1, 0.15) is 22.3 Å². The summed E-state index contributed by atoms with van der Waals surface area (Å²) in [5.41, 5.74) is 4.95. The molecule has 6 nitrogen and oxygen atoms in total. The van der Waals surface area contributed by atoms with E-state index in [0.29, 0.717) is 30.8 Å². The highest BCUT2D eigenvalue weighted by atomic mass is 35.5. The lowest BCUT2D eigenvalue weighted by Gasteiger charge is -2.11. The molecule has 0 fully saturated rings. The van der Waals surface area contributed by atoms with Crippen molar-refractivity contribution in [3.8, 4) is 5.75 Å². The van der Waals surface area contributed by atoms with Gasteiger partial charge in [-0.05, 0) is 55.4 Å². The monoisotopic (exact) mass is 431 g/mol. The molecule has 4 N–H and O–H groups in total. The molecule has 10 heteroatoms. The Bertz CT molecular complexity index is 814. The van der Waals surface area contributed by atoms with Crippen LogP contribution in [0.25, 0.3) is 0 Å². The smallest absolute Gasteiger partial charge is 0.416 e. The van der Waals surface area contributed by atoms with Crippen LogP contribution in [0.5, 0.6) is 5.75 Å². The third kappa shape index (κ3) is 8.00. The van der Waals surface area contributed by atoms with E-state index < -0.39 is 24.3 Å². The van der Waals surface area contributed by atoms with Crippen LogP contribution in [0.4, 0.5) is 18.9 Å². The Morgan fingerprint density at radius 1 is 1.07 bits per heavy atom. The number of carbonyl (C=O) groups is 2. The fourth-order valence-corrected chi connectivity index (χ4v) is 2.23. The molecule has 0 bridgehead atoms. The number of anilines is 1. The highest BCUT2D eigenvalue weighted by Crippen LogP contribution is 2.30. The summed E-state index contributed by atoms with van der Waals surface area (Å²) in [7, 11) is 0. The molecule has 0 aliphatic rings. The third-order valence-electron chi connectivity index (χ3n) is 3.63. The molecule has 2 aromatic carbocycles. The van der Waals surface area contributed by atoms with E-state index in [9.17, 15) is 22.8 Å². The first-order valence-electron chi connectivity index (χ1n) is 8.48. The van der Waals surface area contributed by atoms with Gasteiger partial charge in [0.2, 0.25) is 0 Å². The summed E-state index contributed by atoms with van der Waals surface area (Å²) in [6.07, 6.45) is -3.82. The summed E-state index contributed by atoms with van der Waals surface area (Å²) in [5.74, 6) is -0.511. The van der Waals surface area contributed by atoms with Gasteiger partial charge in [-0.15, -0.1) is 12.4 Å². The van der Waals surface area contributed by atoms with Crippen molar-refractivity contribution in [3.63, 3.8) is 0 Å². The molecule has 0 saturated carbocycles. The summed E-state index contributed by atoms with van der Waals surface area (Å²) in [6, 6.07) is 10.4. The SMILES string of the molecule is Cl.NCCCNC(=O)c1ccc(OCC(=O)Nc2cccc(C(F)(F)F)c2)cc1. The van der Waals surface area contributed by atoms with Gasteiger partial charge in [0.05, 0.1) is 5.56 Å². The number of rotatable bonds is 8. The maximum Gasteiger partial charge on any atom is 0.416 e. The first-order valence-corrected chi connectivity index (χ1v) is 8.48. The fourth-order valence-electron chi connectivity index (χ4n) is 2.23. The molecule has 2 amide bonds. The zero-order chi connectivity index (χ0) is 20.6. The van der Waals surface area contributed by atoms with Crippen molar-refractivity contribution >= 4 is 29.9 Å². The van der Waals surface area contributed by atoms with Gasteiger partial charge in [-0.3, -0.25) is 9.59 Å². The lowest BCUT2D eigenvalue weighted by molar-refractivity contribution is -0.137. The minimum atomic E-state index is -4.49. The van der Waals surface area contributed by atoms with Gasteiger partial charge in [0.25, 0.3) is 11.8 Å². The molecule has 0 spiro atoms. The van der Waals surface area contributed by atoms with E-state index in [4.69, 9.17) is 10.5 Å². The van der Waals surface area contributed by atoms with Gasteiger partial charge in [0.1, 0.15) is 5.75 Å². The summed E-state index contributed by atoms with van der Waals surface area (Å²) in [6.45, 7) is 0.567. The van der Waals surface area contributed by atoms with Gasteiger partial charge in [-0.25, -0.2) is 0 Å². The van der Waals surface area contributed by atoms with Crippen molar-refractivity contribution in [2.75, 3.05) is 25.0 Å². The highest BCUT2D eigenvalue weighted by molar-refractivity contribution is 5.94. The summed E-state index contributed by atoms with van der Waals surface area (Å²) in [5, 5.41) is 5.05. The van der Waals surface area contributed by atoms with E-state index in [0.717, 1.165) is 12.1 Å². The molecular formula is C19H21ClF3N3O3. The molecule has 0 aliphatic carbocycles. The number of nitrogens with two attached hydrogens (primary N) is 1. The van der Waals surface area contributed by atoms with Crippen molar-refractivity contribution < 1.29 is 27.5 Å². The number of hydrogen-bond donors (Lipinski definition) is 3. The van der Waals surface area contributed by atoms with Gasteiger partial charge < -0.3 is 21.1 Å². The molecule has 2 rings (SSSR count). The van der Waals surface area contributed by atoms with Crippen LogP contribution in [-0.4, -0.2) is 31.5 Å². The molecule has 0 saturated heterocycles. The average molecular weight is 432 g/mol. The van der Waals surface area contributed by atoms with Crippen LogP contribution in [0, 0.1) is 0 Å². The summed E-state index contributed by atoms with van der Waals surface area (Å²) < 4.78 is 43.3. The third-order valence-corrected chi connectivity index (χ3v) is 3.63. The Morgan fingerprint density at radius 2 is 1.76 bits per heavy atom. The number of alkyl halides is 3. The molecule has 0 radical (unpaired) electrons. The first kappa shape index (κ1) is 24.3. The quantitative estimate of drug-likeness (QED) is 0.559. The Labute approximate surface area is 172 Å². The number of nitrogens with one attached hydrogen (secondary N) is 2. The number of ether oxygens (including phenoxy) is 1. The molecule has 158 valence electrons. The van der Waals surface area contributed by atoms with Crippen LogP contribution >= 0.6 is 12.4 Å². The Hall–Kier alpha value is -2.78. The molecule has 0 atom stereocenters. The number of halogens is 4. The lowest BCUT2D eigenvalue weighted by Crippen LogP contribution is -2.25. The Morgan fingerprint density at radius 3 is 2.38 bits per heavy atom. The maximum atomic E-state index is 12.7. The minimum Gasteiger partial charge on any atom is -0.484 e. The maximum absolute atomic E-state index is 12.7. The summed E-state index contributed by atoms with van der Waals surface area (Å²) >= 11 is 0. The van der Waals surface area contributed by atoms with Gasteiger partial charge >= 0.3 is 6.18 Å². The van der Waals surface area contributed by atoms with E-state index >= 15 is 0 Å². The zero-order valence-corrected chi connectivity index (χ0v) is 16.1. The summed E-state index contributed by atoms with van der Waals surface area (Å²) in [4.78, 5) is 23.7. The number of benzene rings is 2. The van der Waals surface area contributed by atoms with Crippen molar-refractivity contribution in [2.24, 2.45) is 5.73 Å². The molecule has 29 heavy (non-hydrogen) atoms. The number of amides is 2. The Balaban J connectivity index is 0.00000420. The molecule has 2 aromatic rings. The second-order valence-corrected chi connectivity index (χ2v) is 5.84. The van der Waals surface area contributed by atoms with Crippen molar-refractivity contribution in [1.82, 2.24) is 5.32 Å². The van der Waals surface area contributed by atoms with Crippen molar-refractivity contribution in [1.29, 1.82) is 0 Å². The standard InChI is InChI=1S/C19H20F3N3O3.ClH/c20-19(21,22)14-3-1-4-15(11-14)25-17(26)12-28-16-7-5-13(6-8-16)18(27)24-10-2-9-23;/h1,3-8,11H,2,9-10,12,23H2,(H,24,27)(H,25,26);1H. The first-order chi connectivity index (χ1) is 13.3. The zero-order valence-electron chi connectivity index (χ0n) is 15.3. The van der Waals surface area contributed by atoms with Gasteiger partial charge in [0.15, 0.2) is 6.61 Å². The topological polar surface area (TPSA) is 93.4 Å². The molecule has 0 aromatic heterocycles. The second kappa shape index (κ2) is 11.3. The predicted molar refractivity (Wildman–Crippen MR) is 105 cm³/mol. The molecule has 0 heterocycles. The van der Waals surface area contributed by atoms with Crippen LogP contribution in [-0.2, 0) is 11.0 Å². The van der Waals surface area contributed by atoms with Crippen LogP contribution in [0.3, 0.4) is 0 Å². The van der Waals surface area contributed by atoms with Crippen LogP contribution in [0.2, 0.25) is 0 Å². The number of hydrogen-bond acceptors (Lipinski definition) is 4. The van der Waals surface area contributed by atoms with E-state index in [-0.39, 0.29) is 24.0 Å². The highest BCUT2D eigenvalue weighted by Gasteiger charge is 2.30. The normalized spacial score (nSPS) is 10.6. The molecule has 0 aliphatic heterocycles. The van der Waals surface area contributed by atoms with E-state index in [1.54, 1.807) is 0 Å². The van der Waals surface area contributed by atoms with Gasteiger partial charge in [-0.1, -0.05) is 6.07 Å². The molecular weight excluding hydrogens is 411 g/mol.